The number of aryl methyl sites for hydroxylation is 2. The zero-order chi connectivity index (χ0) is 32.2. The molecule has 4 aromatic rings. The summed E-state index contributed by atoms with van der Waals surface area (Å²) in [6.45, 7) is 4.43. The first-order valence-corrected chi connectivity index (χ1v) is 25.7. The Morgan fingerprint density at radius 3 is 1.22 bits per heavy atom. The first-order valence-electron chi connectivity index (χ1n) is 19.4. The van der Waals surface area contributed by atoms with Crippen molar-refractivity contribution in [1.29, 1.82) is 0 Å². The predicted molar refractivity (Wildman–Crippen MR) is 202 cm³/mol. The van der Waals surface area contributed by atoms with Crippen LogP contribution in [0.4, 0.5) is 0 Å². The Bertz CT molecular complexity index is 1750. The van der Waals surface area contributed by atoms with Gasteiger partial charge in [0.2, 0.25) is 0 Å². The second-order valence-corrected chi connectivity index (χ2v) is 27.6. The normalized spacial score (nSPS) is 22.0. The predicted octanol–water partition coefficient (Wildman–Crippen LogP) is 7.78. The van der Waals surface area contributed by atoms with Gasteiger partial charge in [0.1, 0.15) is 0 Å². The zero-order valence-electron chi connectivity index (χ0n) is 30.0. The van der Waals surface area contributed by atoms with Gasteiger partial charge in [-0.15, -0.1) is 0 Å². The first kappa shape index (κ1) is 36.2. The molecular weight excluding hydrogens is 727 g/mol. The average Bonchev–Trinajstić information content (AvgIpc) is 3.70. The zero-order valence-corrected chi connectivity index (χ0v) is 34.0. The minimum Gasteiger partial charge on any atom is -1.00 e. The van der Waals surface area contributed by atoms with Crippen LogP contribution in [0.1, 0.15) is 111 Å². The van der Waals surface area contributed by atoms with E-state index in [-0.39, 0.29) is 24.8 Å². The van der Waals surface area contributed by atoms with Crippen molar-refractivity contribution in [3.05, 3.63) is 129 Å². The fourth-order valence-corrected chi connectivity index (χ4v) is 26.7. The van der Waals surface area contributed by atoms with Gasteiger partial charge in [-0.3, -0.25) is 0 Å². The van der Waals surface area contributed by atoms with E-state index in [1.807, 2.05) is 11.1 Å². The maximum atomic E-state index is 2.80. The van der Waals surface area contributed by atoms with Gasteiger partial charge in [0.15, 0.2) is 0 Å². The van der Waals surface area contributed by atoms with Crippen LogP contribution in [-0.4, -0.2) is 0 Å². The average molecular weight is 779 g/mol. The summed E-state index contributed by atoms with van der Waals surface area (Å²) >= 11 is -2.96. The van der Waals surface area contributed by atoms with Gasteiger partial charge < -0.3 is 24.8 Å². The number of hydrogen-bond acceptors (Lipinski definition) is 0. The molecule has 3 fully saturated rings. The summed E-state index contributed by atoms with van der Waals surface area (Å²) in [6, 6.07) is 33.6. The van der Waals surface area contributed by atoms with Gasteiger partial charge in [0.05, 0.1) is 0 Å². The Kier molecular flexibility index (Phi) is 10.9. The fraction of sp³-hybridized carbons (Fsp3) is 0.404. The second kappa shape index (κ2) is 15.1. The van der Waals surface area contributed by atoms with Crippen LogP contribution in [0.2, 0.25) is 8.26 Å². The smallest absolute Gasteiger partial charge is 1.00 e. The van der Waals surface area contributed by atoms with Crippen LogP contribution in [0.15, 0.2) is 96.1 Å². The Morgan fingerprint density at radius 1 is 0.460 bits per heavy atom. The van der Waals surface area contributed by atoms with E-state index in [0.29, 0.717) is 0 Å². The number of hydrogen-bond donors (Lipinski definition) is 0. The largest absolute Gasteiger partial charge is 1.00 e. The van der Waals surface area contributed by atoms with Crippen molar-refractivity contribution in [2.75, 3.05) is 0 Å². The van der Waals surface area contributed by atoms with E-state index in [9.17, 15) is 0 Å². The molecular formula is C47H52Cl2Zr. The Labute approximate surface area is 318 Å². The molecule has 9 rings (SSSR count). The molecule has 1 aliphatic heterocycles. The van der Waals surface area contributed by atoms with Crippen LogP contribution < -0.4 is 24.8 Å². The molecule has 2 saturated carbocycles. The van der Waals surface area contributed by atoms with Gasteiger partial charge >= 0.3 is 296 Å². The summed E-state index contributed by atoms with van der Waals surface area (Å²) in [5.41, 5.74) is 18.9. The third-order valence-electron chi connectivity index (χ3n) is 13.5. The van der Waals surface area contributed by atoms with Crippen LogP contribution in [0.25, 0.3) is 34.4 Å². The summed E-state index contributed by atoms with van der Waals surface area (Å²) in [4.78, 5) is 0. The van der Waals surface area contributed by atoms with Gasteiger partial charge in [-0.25, -0.2) is 0 Å². The van der Waals surface area contributed by atoms with Crippen molar-refractivity contribution in [3.63, 3.8) is 0 Å². The third kappa shape index (κ3) is 6.20. The van der Waals surface area contributed by atoms with Gasteiger partial charge in [0.25, 0.3) is 0 Å². The van der Waals surface area contributed by atoms with E-state index in [1.54, 1.807) is 30.5 Å². The third-order valence-corrected chi connectivity index (χ3v) is 28.6. The van der Waals surface area contributed by atoms with E-state index in [1.165, 1.54) is 104 Å². The standard InChI is InChI=1S/2C22H23.C3H6.2ClH.Zr/c2*1-16-10-12-18(13-11-16)21-9-5-8-19-14-20(15-22(19)21)17-6-3-2-4-7-17;1-3-2;;;/h2*5,8-15,17H,2-4,6-7H2,1H3;1-3H2;2*1H;/q;;;;;+2/p-2. The van der Waals surface area contributed by atoms with Crippen molar-refractivity contribution < 1.29 is 45.1 Å². The van der Waals surface area contributed by atoms with Crippen molar-refractivity contribution in [2.45, 2.75) is 100.0 Å². The summed E-state index contributed by atoms with van der Waals surface area (Å²) < 4.78 is 4.56. The number of halogens is 2. The van der Waals surface area contributed by atoms with E-state index in [0.717, 1.165) is 19.1 Å². The molecule has 0 aromatic heterocycles. The Balaban J connectivity index is 0.00000196. The molecule has 0 spiro atoms. The molecule has 1 saturated heterocycles. The van der Waals surface area contributed by atoms with Crippen LogP contribution >= 0.6 is 0 Å². The van der Waals surface area contributed by atoms with E-state index in [4.69, 9.17) is 0 Å². The van der Waals surface area contributed by atoms with Crippen LogP contribution in [-0.2, 0) is 20.3 Å². The summed E-state index contributed by atoms with van der Waals surface area (Å²) in [5, 5.41) is 0. The van der Waals surface area contributed by atoms with E-state index in [2.05, 4.69) is 111 Å². The molecule has 0 amide bonds. The van der Waals surface area contributed by atoms with E-state index >= 15 is 0 Å². The molecule has 2 unspecified atom stereocenters. The molecule has 50 heavy (non-hydrogen) atoms. The molecule has 5 aliphatic rings. The molecule has 3 heteroatoms. The van der Waals surface area contributed by atoms with Gasteiger partial charge in [-0.1, -0.05) is 0 Å². The number of rotatable bonds is 6. The van der Waals surface area contributed by atoms with E-state index < -0.39 is 20.3 Å². The van der Waals surface area contributed by atoms with Gasteiger partial charge in [-0.05, 0) is 0 Å². The van der Waals surface area contributed by atoms with Gasteiger partial charge in [0, 0.05) is 0 Å². The molecule has 2 atom stereocenters. The van der Waals surface area contributed by atoms with Crippen LogP contribution in [0.3, 0.4) is 0 Å². The van der Waals surface area contributed by atoms with Crippen molar-refractivity contribution in [2.24, 2.45) is 11.8 Å². The van der Waals surface area contributed by atoms with Crippen molar-refractivity contribution in [3.8, 4) is 22.3 Å². The molecule has 0 N–H and O–H groups in total. The minimum atomic E-state index is -2.96. The maximum Gasteiger partial charge on any atom is -1.00 e. The number of fused-ring (bicyclic) bond motifs is 2. The SMILES string of the molecule is Cc1ccc(-c2cccc3c2C=C(C2CCCCC2)[CH]3[Zr+2]2([CH]3C(C4CCCCC4)=Cc4c(-c5ccc(C)cc5)cccc43)[CH2]C[CH2]2)cc1.[Cl-].[Cl-]. The Morgan fingerprint density at radius 2 is 0.860 bits per heavy atom. The summed E-state index contributed by atoms with van der Waals surface area (Å²) in [5.74, 6) is 1.55. The van der Waals surface area contributed by atoms with Gasteiger partial charge in [-0.2, -0.15) is 0 Å². The van der Waals surface area contributed by atoms with Crippen molar-refractivity contribution >= 4 is 12.2 Å². The summed E-state index contributed by atoms with van der Waals surface area (Å²) in [7, 11) is 0. The quantitative estimate of drug-likeness (QED) is 0.188. The molecule has 0 nitrogen and oxygen atoms in total. The second-order valence-electron chi connectivity index (χ2n) is 16.3. The monoisotopic (exact) mass is 776 g/mol. The number of benzene rings is 4. The maximum absolute atomic E-state index is 2.96. The molecule has 258 valence electrons. The van der Waals surface area contributed by atoms with Crippen molar-refractivity contribution in [1.82, 2.24) is 0 Å². The molecule has 0 radical (unpaired) electrons. The number of allylic oxidation sites excluding steroid dienone is 2. The topological polar surface area (TPSA) is 0 Å². The minimum absolute atomic E-state index is 0. The van der Waals surface area contributed by atoms with Crippen LogP contribution in [0.5, 0.6) is 0 Å². The molecule has 4 aliphatic carbocycles. The first-order chi connectivity index (χ1) is 23.6. The molecule has 1 heterocycles. The fourth-order valence-electron chi connectivity index (χ4n) is 11.0. The molecule has 4 aromatic carbocycles. The summed E-state index contributed by atoms with van der Waals surface area (Å²) in [6.07, 6.45) is 21.2. The Hall–Kier alpha value is -2.18. The molecule has 0 bridgehead atoms. The van der Waals surface area contributed by atoms with Crippen LogP contribution in [0, 0.1) is 25.7 Å².